The van der Waals surface area contributed by atoms with Crippen LogP contribution in [0.4, 0.5) is 0 Å². The maximum atomic E-state index is 5.01. The number of methoxy groups -OCH3 is 1. The Hall–Kier alpha value is -0.220. The minimum absolute atomic E-state index is 0.401. The summed E-state index contributed by atoms with van der Waals surface area (Å²) in [5.41, 5.74) is 0.401. The molecule has 1 aliphatic heterocycles. The summed E-state index contributed by atoms with van der Waals surface area (Å²) in [4.78, 5) is 4.53. The Morgan fingerprint density at radius 3 is 2.88 bits per heavy atom. The van der Waals surface area contributed by atoms with Crippen molar-refractivity contribution in [3.63, 3.8) is 0 Å². The van der Waals surface area contributed by atoms with E-state index in [1.165, 1.54) is 6.42 Å². The van der Waals surface area contributed by atoms with Gasteiger partial charge in [-0.1, -0.05) is 32.5 Å². The van der Waals surface area contributed by atoms with Crippen LogP contribution in [0.1, 0.15) is 33.6 Å². The lowest BCUT2D eigenvalue weighted by molar-refractivity contribution is 0.196. The Kier molecular flexibility index (Phi) is 5.62. The van der Waals surface area contributed by atoms with Crippen LogP contribution in [0.15, 0.2) is 4.99 Å². The predicted molar refractivity (Wildman–Crippen MR) is 72.2 cm³/mol. The van der Waals surface area contributed by atoms with Gasteiger partial charge in [0, 0.05) is 25.5 Å². The second-order valence-electron chi connectivity index (χ2n) is 5.42. The van der Waals surface area contributed by atoms with Gasteiger partial charge in [-0.25, -0.2) is 0 Å². The highest BCUT2D eigenvalue weighted by atomic mass is 32.2. The lowest BCUT2D eigenvalue weighted by Crippen LogP contribution is -2.22. The van der Waals surface area contributed by atoms with E-state index < -0.39 is 0 Å². The van der Waals surface area contributed by atoms with Crippen molar-refractivity contribution >= 4 is 16.9 Å². The van der Waals surface area contributed by atoms with Crippen LogP contribution >= 0.6 is 11.8 Å². The number of thioether (sulfide) groups is 1. The van der Waals surface area contributed by atoms with E-state index in [4.69, 9.17) is 4.74 Å². The normalized spacial score (nSPS) is 21.0. The molecule has 0 radical (unpaired) electrons. The monoisotopic (exact) mass is 244 g/mol. The molecule has 16 heavy (non-hydrogen) atoms. The predicted octanol–water partition coefficient (Wildman–Crippen LogP) is 2.52. The fraction of sp³-hybridized carbons (Fsp3) is 0.917. The molecular weight excluding hydrogens is 220 g/mol. The molecule has 0 aromatic heterocycles. The van der Waals surface area contributed by atoms with Crippen molar-refractivity contribution in [3.8, 4) is 0 Å². The Balaban J connectivity index is 2.14. The largest absolute Gasteiger partial charge is 0.385 e. The third-order valence-electron chi connectivity index (χ3n) is 2.36. The van der Waals surface area contributed by atoms with Gasteiger partial charge in [0.1, 0.15) is 0 Å². The van der Waals surface area contributed by atoms with Gasteiger partial charge in [0.15, 0.2) is 5.17 Å². The molecule has 1 rings (SSSR count). The van der Waals surface area contributed by atoms with Crippen molar-refractivity contribution in [2.45, 2.75) is 38.9 Å². The smallest absolute Gasteiger partial charge is 0.156 e. The van der Waals surface area contributed by atoms with Gasteiger partial charge < -0.3 is 10.1 Å². The quantitative estimate of drug-likeness (QED) is 0.755. The van der Waals surface area contributed by atoms with E-state index >= 15 is 0 Å². The Bertz CT molecular complexity index is 236. The summed E-state index contributed by atoms with van der Waals surface area (Å²) in [7, 11) is 1.74. The van der Waals surface area contributed by atoms with E-state index in [-0.39, 0.29) is 0 Å². The number of rotatable bonds is 5. The number of hydrogen-bond acceptors (Lipinski definition) is 4. The van der Waals surface area contributed by atoms with Gasteiger partial charge in [-0.15, -0.1) is 0 Å². The molecule has 0 saturated heterocycles. The standard InChI is InChI=1S/C12H24N2OS/c1-12(2,3)8-10-9-14-11(16-10)13-6-5-7-15-4/h10H,5-9H2,1-4H3,(H,13,14). The fourth-order valence-electron chi connectivity index (χ4n) is 1.72. The first-order chi connectivity index (χ1) is 7.51. The molecule has 0 fully saturated rings. The SMILES string of the molecule is COCCCNC1=NCC(CC(C)(C)C)S1. The van der Waals surface area contributed by atoms with Crippen LogP contribution in [0, 0.1) is 5.41 Å². The zero-order chi connectivity index (χ0) is 12.0. The number of nitrogens with zero attached hydrogens (tertiary/aromatic N) is 1. The Morgan fingerprint density at radius 2 is 2.25 bits per heavy atom. The van der Waals surface area contributed by atoms with Crippen molar-refractivity contribution in [3.05, 3.63) is 0 Å². The van der Waals surface area contributed by atoms with Crippen LogP contribution in [0.25, 0.3) is 0 Å². The summed E-state index contributed by atoms with van der Waals surface area (Å²) in [6, 6.07) is 0. The number of aliphatic imine (C=N–C) groups is 1. The van der Waals surface area contributed by atoms with Gasteiger partial charge >= 0.3 is 0 Å². The molecule has 0 aromatic carbocycles. The molecule has 1 heterocycles. The molecule has 4 heteroatoms. The van der Waals surface area contributed by atoms with Crippen LogP contribution in [0.3, 0.4) is 0 Å². The van der Waals surface area contributed by atoms with Crippen LogP contribution in [0.2, 0.25) is 0 Å². The third-order valence-corrected chi connectivity index (χ3v) is 3.50. The van der Waals surface area contributed by atoms with Crippen molar-refractivity contribution < 1.29 is 4.74 Å². The molecule has 1 atom stereocenters. The first kappa shape index (κ1) is 13.8. The average Bonchev–Trinajstić information content (AvgIpc) is 2.58. The second-order valence-corrected chi connectivity index (χ2v) is 6.71. The molecule has 3 nitrogen and oxygen atoms in total. The van der Waals surface area contributed by atoms with Crippen molar-refractivity contribution in [1.29, 1.82) is 0 Å². The minimum Gasteiger partial charge on any atom is -0.385 e. The van der Waals surface area contributed by atoms with E-state index in [0.29, 0.717) is 10.7 Å². The fourth-order valence-corrected chi connectivity index (χ4v) is 3.10. The molecule has 0 bridgehead atoms. The number of ether oxygens (including phenoxy) is 1. The first-order valence-electron chi connectivity index (χ1n) is 5.95. The highest BCUT2D eigenvalue weighted by molar-refractivity contribution is 8.14. The molecule has 94 valence electrons. The highest BCUT2D eigenvalue weighted by Crippen LogP contribution is 2.31. The van der Waals surface area contributed by atoms with Crippen LogP contribution in [0.5, 0.6) is 0 Å². The van der Waals surface area contributed by atoms with Crippen molar-refractivity contribution in [2.24, 2.45) is 10.4 Å². The zero-order valence-corrected chi connectivity index (χ0v) is 11.7. The Labute approximate surface area is 103 Å². The Morgan fingerprint density at radius 1 is 1.50 bits per heavy atom. The van der Waals surface area contributed by atoms with Crippen molar-refractivity contribution in [1.82, 2.24) is 5.32 Å². The molecule has 1 aliphatic rings. The summed E-state index contributed by atoms with van der Waals surface area (Å²) >= 11 is 1.89. The molecule has 0 saturated carbocycles. The molecule has 0 spiro atoms. The van der Waals surface area contributed by atoms with Gasteiger partial charge in [-0.3, -0.25) is 4.99 Å². The van der Waals surface area contributed by atoms with E-state index in [1.54, 1.807) is 7.11 Å². The van der Waals surface area contributed by atoms with Gasteiger partial charge in [0.25, 0.3) is 0 Å². The third kappa shape index (κ3) is 5.75. The van der Waals surface area contributed by atoms with Gasteiger partial charge in [-0.05, 0) is 18.3 Å². The van der Waals surface area contributed by atoms with Gasteiger partial charge in [0.05, 0.1) is 6.54 Å². The van der Waals surface area contributed by atoms with Gasteiger partial charge in [0.2, 0.25) is 0 Å². The molecular formula is C12H24N2OS. The lowest BCUT2D eigenvalue weighted by Gasteiger charge is -2.21. The van der Waals surface area contributed by atoms with Crippen LogP contribution in [-0.4, -0.2) is 37.2 Å². The first-order valence-corrected chi connectivity index (χ1v) is 6.83. The van der Waals surface area contributed by atoms with E-state index in [1.807, 2.05) is 11.8 Å². The minimum atomic E-state index is 0.401. The summed E-state index contributed by atoms with van der Waals surface area (Å²) in [5, 5.41) is 5.14. The number of amidine groups is 1. The zero-order valence-electron chi connectivity index (χ0n) is 10.9. The maximum Gasteiger partial charge on any atom is 0.156 e. The van der Waals surface area contributed by atoms with E-state index in [0.717, 1.165) is 31.3 Å². The summed E-state index contributed by atoms with van der Waals surface area (Å²) < 4.78 is 5.01. The molecule has 1 unspecified atom stereocenters. The average molecular weight is 244 g/mol. The summed E-state index contributed by atoms with van der Waals surface area (Å²) in [6.07, 6.45) is 2.27. The lowest BCUT2D eigenvalue weighted by atomic mass is 9.90. The molecule has 0 aliphatic carbocycles. The highest BCUT2D eigenvalue weighted by Gasteiger charge is 2.24. The number of nitrogens with one attached hydrogen (secondary N) is 1. The van der Waals surface area contributed by atoms with Crippen LogP contribution < -0.4 is 5.32 Å². The van der Waals surface area contributed by atoms with Crippen LogP contribution in [-0.2, 0) is 4.74 Å². The summed E-state index contributed by atoms with van der Waals surface area (Å²) in [5.74, 6) is 0. The topological polar surface area (TPSA) is 33.6 Å². The van der Waals surface area contributed by atoms with Crippen molar-refractivity contribution in [2.75, 3.05) is 26.8 Å². The molecule has 0 amide bonds. The number of hydrogen-bond donors (Lipinski definition) is 1. The second kappa shape index (κ2) is 6.50. The van der Waals surface area contributed by atoms with E-state index in [2.05, 4.69) is 31.1 Å². The van der Waals surface area contributed by atoms with E-state index in [9.17, 15) is 0 Å². The maximum absolute atomic E-state index is 5.01. The summed E-state index contributed by atoms with van der Waals surface area (Å²) in [6.45, 7) is 9.61. The molecule has 1 N–H and O–H groups in total. The van der Waals surface area contributed by atoms with Gasteiger partial charge in [-0.2, -0.15) is 0 Å². The molecule has 0 aromatic rings.